The molecule has 112 valence electrons. The highest BCUT2D eigenvalue weighted by molar-refractivity contribution is 5.17. The molecule has 1 heterocycles. The molecule has 2 unspecified atom stereocenters. The van der Waals surface area contributed by atoms with Gasteiger partial charge in [0, 0.05) is 19.7 Å². The van der Waals surface area contributed by atoms with Crippen LogP contribution in [0, 0.1) is 0 Å². The molecule has 2 atom stereocenters. The Morgan fingerprint density at radius 3 is 2.75 bits per heavy atom. The zero-order chi connectivity index (χ0) is 14.2. The zero-order valence-electron chi connectivity index (χ0n) is 12.5. The molecular weight excluding hydrogens is 250 g/mol. The van der Waals surface area contributed by atoms with E-state index in [-0.39, 0.29) is 0 Å². The average molecular weight is 277 g/mol. The molecular formula is C17H27NO2. The number of hydrogen-bond donors (Lipinski definition) is 1. The van der Waals surface area contributed by atoms with Gasteiger partial charge in [-0.15, -0.1) is 0 Å². The van der Waals surface area contributed by atoms with Crippen LogP contribution in [0.1, 0.15) is 44.3 Å². The van der Waals surface area contributed by atoms with Crippen molar-refractivity contribution in [3.8, 4) is 0 Å². The minimum absolute atomic E-state index is 0.346. The molecule has 1 N–H and O–H groups in total. The van der Waals surface area contributed by atoms with Crippen LogP contribution < -0.4 is 0 Å². The second kappa shape index (κ2) is 8.40. The van der Waals surface area contributed by atoms with Crippen LogP contribution in [-0.2, 0) is 4.74 Å². The van der Waals surface area contributed by atoms with Gasteiger partial charge in [0.2, 0.25) is 0 Å². The van der Waals surface area contributed by atoms with Crippen molar-refractivity contribution in [2.45, 2.75) is 44.8 Å². The van der Waals surface area contributed by atoms with Crippen molar-refractivity contribution >= 4 is 0 Å². The second-order valence-corrected chi connectivity index (χ2v) is 5.67. The van der Waals surface area contributed by atoms with E-state index in [0.717, 1.165) is 38.1 Å². The first-order valence-electron chi connectivity index (χ1n) is 7.86. The summed E-state index contributed by atoms with van der Waals surface area (Å²) < 4.78 is 5.82. The minimum atomic E-state index is -0.411. The van der Waals surface area contributed by atoms with E-state index in [0.29, 0.717) is 12.6 Å². The third kappa shape index (κ3) is 4.89. The van der Waals surface area contributed by atoms with Gasteiger partial charge in [-0.05, 0) is 37.8 Å². The molecule has 0 saturated carbocycles. The van der Waals surface area contributed by atoms with E-state index in [9.17, 15) is 5.11 Å². The van der Waals surface area contributed by atoms with Gasteiger partial charge in [-0.25, -0.2) is 0 Å². The summed E-state index contributed by atoms with van der Waals surface area (Å²) in [4.78, 5) is 2.34. The van der Waals surface area contributed by atoms with E-state index >= 15 is 0 Å². The Bertz CT molecular complexity index is 363. The molecule has 0 amide bonds. The Kier molecular flexibility index (Phi) is 6.51. The van der Waals surface area contributed by atoms with Crippen LogP contribution in [0.15, 0.2) is 30.3 Å². The average Bonchev–Trinajstić information content (AvgIpc) is 2.49. The zero-order valence-corrected chi connectivity index (χ0v) is 12.5. The molecule has 0 aromatic heterocycles. The summed E-state index contributed by atoms with van der Waals surface area (Å²) in [6.45, 7) is 5.73. The Morgan fingerprint density at radius 1 is 1.30 bits per heavy atom. The highest BCUT2D eigenvalue weighted by Crippen LogP contribution is 2.17. The lowest BCUT2D eigenvalue weighted by Crippen LogP contribution is -2.38. The molecule has 0 aliphatic carbocycles. The summed E-state index contributed by atoms with van der Waals surface area (Å²) in [6, 6.07) is 9.92. The van der Waals surface area contributed by atoms with Gasteiger partial charge < -0.3 is 9.84 Å². The Balaban J connectivity index is 1.87. The lowest BCUT2D eigenvalue weighted by Gasteiger charge is -2.31. The van der Waals surface area contributed by atoms with Gasteiger partial charge in [-0.3, -0.25) is 4.90 Å². The van der Waals surface area contributed by atoms with Crippen molar-refractivity contribution in [3.05, 3.63) is 35.9 Å². The quantitative estimate of drug-likeness (QED) is 0.831. The maximum atomic E-state index is 10.4. The van der Waals surface area contributed by atoms with E-state index in [4.69, 9.17) is 4.74 Å². The van der Waals surface area contributed by atoms with E-state index in [1.165, 1.54) is 12.8 Å². The first kappa shape index (κ1) is 15.5. The van der Waals surface area contributed by atoms with Crippen molar-refractivity contribution < 1.29 is 9.84 Å². The Morgan fingerprint density at radius 2 is 2.10 bits per heavy atom. The summed E-state index contributed by atoms with van der Waals surface area (Å²) in [5.41, 5.74) is 0.998. The van der Waals surface area contributed by atoms with E-state index in [2.05, 4.69) is 11.8 Å². The maximum absolute atomic E-state index is 10.4. The monoisotopic (exact) mass is 277 g/mol. The van der Waals surface area contributed by atoms with Crippen LogP contribution in [0.5, 0.6) is 0 Å². The molecule has 1 aromatic rings. The van der Waals surface area contributed by atoms with Crippen molar-refractivity contribution in [2.24, 2.45) is 0 Å². The van der Waals surface area contributed by atoms with E-state index in [1.807, 2.05) is 30.3 Å². The number of aliphatic hydroxyl groups excluding tert-OH is 1. The largest absolute Gasteiger partial charge is 0.387 e. The molecule has 0 spiro atoms. The molecule has 1 aliphatic rings. The molecule has 0 bridgehead atoms. The molecule has 2 rings (SSSR count). The van der Waals surface area contributed by atoms with Crippen LogP contribution >= 0.6 is 0 Å². The number of aliphatic hydroxyl groups is 1. The summed E-state index contributed by atoms with van der Waals surface area (Å²) in [5, 5.41) is 10.4. The van der Waals surface area contributed by atoms with Gasteiger partial charge >= 0.3 is 0 Å². The molecule has 20 heavy (non-hydrogen) atoms. The summed E-state index contributed by atoms with van der Waals surface area (Å²) in [6.07, 6.45) is 4.66. The van der Waals surface area contributed by atoms with E-state index < -0.39 is 6.10 Å². The third-order valence-corrected chi connectivity index (χ3v) is 3.89. The number of ether oxygens (including phenoxy) is 1. The van der Waals surface area contributed by atoms with Gasteiger partial charge in [-0.2, -0.15) is 0 Å². The standard InChI is InChI=1S/C17H27NO2/c1-2-11-18(13-16-10-6-7-12-20-16)14-17(19)15-8-4-3-5-9-15/h3-5,8-9,16-17,19H,2,6-7,10-14H2,1H3. The first-order chi connectivity index (χ1) is 9.79. The Labute approximate surface area is 122 Å². The summed E-state index contributed by atoms with van der Waals surface area (Å²) in [7, 11) is 0. The predicted octanol–water partition coefficient (Wildman–Crippen LogP) is 3.00. The van der Waals surface area contributed by atoms with Gasteiger partial charge in [0.15, 0.2) is 0 Å². The van der Waals surface area contributed by atoms with Crippen LogP contribution in [0.4, 0.5) is 0 Å². The third-order valence-electron chi connectivity index (χ3n) is 3.89. The predicted molar refractivity (Wildman–Crippen MR) is 81.7 cm³/mol. The smallest absolute Gasteiger partial charge is 0.0916 e. The van der Waals surface area contributed by atoms with Gasteiger partial charge in [-0.1, -0.05) is 37.3 Å². The topological polar surface area (TPSA) is 32.7 Å². The number of nitrogens with zero attached hydrogens (tertiary/aromatic N) is 1. The van der Waals surface area contributed by atoms with Gasteiger partial charge in [0.05, 0.1) is 12.2 Å². The van der Waals surface area contributed by atoms with Crippen molar-refractivity contribution in [2.75, 3.05) is 26.2 Å². The Hall–Kier alpha value is -0.900. The van der Waals surface area contributed by atoms with Gasteiger partial charge in [0.25, 0.3) is 0 Å². The maximum Gasteiger partial charge on any atom is 0.0916 e. The lowest BCUT2D eigenvalue weighted by molar-refractivity contribution is -0.0134. The van der Waals surface area contributed by atoms with Crippen molar-refractivity contribution in [3.63, 3.8) is 0 Å². The minimum Gasteiger partial charge on any atom is -0.387 e. The summed E-state index contributed by atoms with van der Waals surface area (Å²) >= 11 is 0. The normalized spacial score (nSPS) is 21.1. The van der Waals surface area contributed by atoms with Crippen molar-refractivity contribution in [1.82, 2.24) is 4.90 Å². The lowest BCUT2D eigenvalue weighted by atomic mass is 10.1. The summed E-state index contributed by atoms with van der Waals surface area (Å²) in [5.74, 6) is 0. The first-order valence-corrected chi connectivity index (χ1v) is 7.86. The van der Waals surface area contributed by atoms with Crippen LogP contribution in [0.25, 0.3) is 0 Å². The number of rotatable bonds is 7. The highest BCUT2D eigenvalue weighted by Gasteiger charge is 2.19. The molecule has 1 aliphatic heterocycles. The highest BCUT2D eigenvalue weighted by atomic mass is 16.5. The molecule has 3 nitrogen and oxygen atoms in total. The fourth-order valence-electron chi connectivity index (χ4n) is 2.84. The van der Waals surface area contributed by atoms with Crippen LogP contribution in [-0.4, -0.2) is 42.4 Å². The molecule has 0 radical (unpaired) electrons. The molecule has 3 heteroatoms. The molecule has 1 aromatic carbocycles. The van der Waals surface area contributed by atoms with Crippen molar-refractivity contribution in [1.29, 1.82) is 0 Å². The second-order valence-electron chi connectivity index (χ2n) is 5.67. The number of benzene rings is 1. The molecule has 1 fully saturated rings. The number of hydrogen-bond acceptors (Lipinski definition) is 3. The molecule has 1 saturated heterocycles. The van der Waals surface area contributed by atoms with Crippen LogP contribution in [0.2, 0.25) is 0 Å². The fraction of sp³-hybridized carbons (Fsp3) is 0.647. The fourth-order valence-corrected chi connectivity index (χ4v) is 2.84. The SMILES string of the molecule is CCCN(CC1CCCCO1)CC(O)c1ccccc1. The van der Waals surface area contributed by atoms with Gasteiger partial charge in [0.1, 0.15) is 0 Å². The van der Waals surface area contributed by atoms with E-state index in [1.54, 1.807) is 0 Å². The van der Waals surface area contributed by atoms with Crippen LogP contribution in [0.3, 0.4) is 0 Å².